The number of nitrogens with zero attached hydrogens (tertiary/aromatic N) is 1. The van der Waals surface area contributed by atoms with Crippen LogP contribution >= 0.6 is 24.0 Å². The Hall–Kier alpha value is -2.59. The number of hydrogen-bond acceptors (Lipinski definition) is 7. The van der Waals surface area contributed by atoms with E-state index in [4.69, 9.17) is 21.7 Å². The van der Waals surface area contributed by atoms with Gasteiger partial charge in [0.2, 0.25) is 5.91 Å². The Kier molecular flexibility index (Phi) is 9.52. The number of thioether (sulfide) groups is 1. The lowest BCUT2D eigenvalue weighted by Crippen LogP contribution is -2.46. The predicted octanol–water partition coefficient (Wildman–Crippen LogP) is 3.30. The van der Waals surface area contributed by atoms with Crippen molar-refractivity contribution in [3.05, 3.63) is 28.7 Å². The van der Waals surface area contributed by atoms with Crippen molar-refractivity contribution >= 4 is 52.2 Å². The van der Waals surface area contributed by atoms with Gasteiger partial charge < -0.3 is 19.9 Å². The average Bonchev–Trinajstić information content (AvgIpc) is 3.03. The summed E-state index contributed by atoms with van der Waals surface area (Å²) < 4.78 is 11.2. The van der Waals surface area contributed by atoms with Gasteiger partial charge in [0.05, 0.1) is 18.6 Å². The van der Waals surface area contributed by atoms with Crippen molar-refractivity contribution in [1.82, 2.24) is 10.2 Å². The Labute approximate surface area is 197 Å². The fraction of sp³-hybridized carbons (Fsp3) is 0.455. The molecule has 0 radical (unpaired) electrons. The largest absolute Gasteiger partial charge is 0.493 e. The number of amides is 2. The first kappa shape index (κ1) is 25.7. The Balaban J connectivity index is 2.05. The van der Waals surface area contributed by atoms with Crippen molar-refractivity contribution in [2.45, 2.75) is 39.7 Å². The minimum atomic E-state index is -1.08. The molecule has 1 aliphatic heterocycles. The summed E-state index contributed by atoms with van der Waals surface area (Å²) in [5.74, 6) is -0.844. The lowest BCUT2D eigenvalue weighted by Gasteiger charge is -2.21. The zero-order valence-corrected chi connectivity index (χ0v) is 20.2. The van der Waals surface area contributed by atoms with Gasteiger partial charge in [0.25, 0.3) is 5.91 Å². The van der Waals surface area contributed by atoms with E-state index in [1.807, 2.05) is 19.9 Å². The van der Waals surface area contributed by atoms with Gasteiger partial charge in [-0.15, -0.1) is 0 Å². The second-order valence-corrected chi connectivity index (χ2v) is 8.87. The number of carboxylic acid groups (broad SMARTS) is 1. The lowest BCUT2D eigenvalue weighted by atomic mass is 9.99. The molecule has 2 atom stereocenters. The second kappa shape index (κ2) is 11.9. The molecule has 174 valence electrons. The Bertz CT molecular complexity index is 918. The number of carboxylic acids is 1. The fourth-order valence-corrected chi connectivity index (χ4v) is 4.34. The van der Waals surface area contributed by atoms with Crippen LogP contribution in [0.5, 0.6) is 11.5 Å². The number of carbonyl (C=O) groups excluding carboxylic acids is 2. The molecule has 0 aliphatic carbocycles. The molecular formula is C22H28N2O6S2. The maximum atomic E-state index is 12.8. The van der Waals surface area contributed by atoms with Crippen molar-refractivity contribution < 1.29 is 29.0 Å². The zero-order valence-electron chi connectivity index (χ0n) is 18.5. The highest BCUT2D eigenvalue weighted by atomic mass is 32.2. The van der Waals surface area contributed by atoms with E-state index in [1.165, 1.54) is 4.90 Å². The molecule has 0 saturated carbocycles. The summed E-state index contributed by atoms with van der Waals surface area (Å²) >= 11 is 6.47. The Morgan fingerprint density at radius 1 is 1.31 bits per heavy atom. The first-order valence-electron chi connectivity index (χ1n) is 10.3. The molecule has 1 aliphatic rings. The summed E-state index contributed by atoms with van der Waals surface area (Å²) in [6.07, 6.45) is 2.28. The molecule has 1 saturated heterocycles. The van der Waals surface area contributed by atoms with Crippen LogP contribution in [0.15, 0.2) is 23.1 Å². The van der Waals surface area contributed by atoms with Gasteiger partial charge in [-0.25, -0.2) is 4.79 Å². The minimum Gasteiger partial charge on any atom is -0.493 e. The second-order valence-electron chi connectivity index (χ2n) is 7.20. The summed E-state index contributed by atoms with van der Waals surface area (Å²) in [6.45, 7) is 6.09. The van der Waals surface area contributed by atoms with Gasteiger partial charge in [-0.3, -0.25) is 14.5 Å². The SMILES string of the molecule is CCOc1ccc(/C=C2/SC(=S)N(CCC(=O)N[C@H](C(=O)O)[C@@H](C)CC)C2=O)cc1OC. The maximum Gasteiger partial charge on any atom is 0.326 e. The van der Waals surface area contributed by atoms with E-state index in [1.54, 1.807) is 32.2 Å². The van der Waals surface area contributed by atoms with Gasteiger partial charge in [0, 0.05) is 13.0 Å². The smallest absolute Gasteiger partial charge is 0.326 e. The number of nitrogens with one attached hydrogen (secondary N) is 1. The molecule has 1 aromatic carbocycles. The number of methoxy groups -OCH3 is 1. The highest BCUT2D eigenvalue weighted by Gasteiger charge is 2.33. The average molecular weight is 481 g/mol. The standard InChI is InChI=1S/C22H28N2O6S2/c1-5-13(3)19(21(27)28)23-18(25)9-10-24-20(26)17(32-22(24)31)12-14-7-8-15(30-6-2)16(11-14)29-4/h7-8,11-13,19H,5-6,9-10H2,1-4H3,(H,23,25)(H,27,28)/b17-12+/t13-,19-/m0/s1. The normalized spacial score (nSPS) is 16.8. The predicted molar refractivity (Wildman–Crippen MR) is 128 cm³/mol. The van der Waals surface area contributed by atoms with Crippen LogP contribution in [0.1, 0.15) is 39.2 Å². The molecule has 0 unspecified atom stereocenters. The molecular weight excluding hydrogens is 452 g/mol. The Morgan fingerprint density at radius 2 is 2.03 bits per heavy atom. The third-order valence-corrected chi connectivity index (χ3v) is 6.39. The van der Waals surface area contributed by atoms with Crippen molar-refractivity contribution in [2.75, 3.05) is 20.3 Å². The molecule has 1 heterocycles. The van der Waals surface area contributed by atoms with Gasteiger partial charge in [-0.05, 0) is 36.6 Å². The van der Waals surface area contributed by atoms with Crippen LogP contribution in [-0.4, -0.2) is 58.4 Å². The van der Waals surface area contributed by atoms with Crippen molar-refractivity contribution in [2.24, 2.45) is 5.92 Å². The van der Waals surface area contributed by atoms with E-state index in [2.05, 4.69) is 5.32 Å². The molecule has 2 amide bonds. The number of ether oxygens (including phenoxy) is 2. The molecule has 1 fully saturated rings. The lowest BCUT2D eigenvalue weighted by molar-refractivity contribution is -0.143. The molecule has 0 bridgehead atoms. The van der Waals surface area contributed by atoms with Crippen LogP contribution in [0.3, 0.4) is 0 Å². The number of rotatable bonds is 11. The fourth-order valence-electron chi connectivity index (χ4n) is 3.03. The molecule has 2 N–H and O–H groups in total. The van der Waals surface area contributed by atoms with Gasteiger partial charge >= 0.3 is 5.97 Å². The van der Waals surface area contributed by atoms with Crippen LogP contribution < -0.4 is 14.8 Å². The summed E-state index contributed by atoms with van der Waals surface area (Å²) in [4.78, 5) is 38.3. The van der Waals surface area contributed by atoms with E-state index in [9.17, 15) is 19.5 Å². The first-order valence-corrected chi connectivity index (χ1v) is 11.5. The first-order chi connectivity index (χ1) is 15.2. The van der Waals surface area contributed by atoms with Crippen molar-refractivity contribution in [1.29, 1.82) is 0 Å². The van der Waals surface area contributed by atoms with Crippen LogP contribution in [0.25, 0.3) is 6.08 Å². The quantitative estimate of drug-likeness (QED) is 0.367. The van der Waals surface area contributed by atoms with Crippen LogP contribution in [0.4, 0.5) is 0 Å². The number of thiocarbonyl (C=S) groups is 1. The molecule has 1 aromatic rings. The van der Waals surface area contributed by atoms with E-state index >= 15 is 0 Å². The van der Waals surface area contributed by atoms with Gasteiger partial charge in [-0.2, -0.15) is 0 Å². The summed E-state index contributed by atoms with van der Waals surface area (Å²) in [5, 5.41) is 11.9. The number of hydrogen-bond donors (Lipinski definition) is 2. The van der Waals surface area contributed by atoms with E-state index in [0.717, 1.165) is 17.3 Å². The van der Waals surface area contributed by atoms with Gasteiger partial charge in [0.1, 0.15) is 10.4 Å². The zero-order chi connectivity index (χ0) is 23.8. The molecule has 32 heavy (non-hydrogen) atoms. The maximum absolute atomic E-state index is 12.8. The molecule has 2 rings (SSSR count). The van der Waals surface area contributed by atoms with E-state index < -0.39 is 17.9 Å². The molecule has 10 heteroatoms. The van der Waals surface area contributed by atoms with Crippen LogP contribution in [0, 0.1) is 5.92 Å². The summed E-state index contributed by atoms with van der Waals surface area (Å²) in [5.41, 5.74) is 0.751. The van der Waals surface area contributed by atoms with Crippen molar-refractivity contribution in [3.63, 3.8) is 0 Å². The van der Waals surface area contributed by atoms with Crippen molar-refractivity contribution in [3.8, 4) is 11.5 Å². The molecule has 0 spiro atoms. The third kappa shape index (κ3) is 6.46. The molecule has 0 aromatic heterocycles. The number of aliphatic carboxylic acids is 1. The van der Waals surface area contributed by atoms with Gasteiger partial charge in [-0.1, -0.05) is 50.3 Å². The highest BCUT2D eigenvalue weighted by molar-refractivity contribution is 8.26. The molecule has 8 nitrogen and oxygen atoms in total. The van der Waals surface area contributed by atoms with Crippen LogP contribution in [-0.2, 0) is 14.4 Å². The number of benzene rings is 1. The monoisotopic (exact) mass is 480 g/mol. The van der Waals surface area contributed by atoms with E-state index in [0.29, 0.717) is 33.8 Å². The Morgan fingerprint density at radius 3 is 2.62 bits per heavy atom. The number of carbonyl (C=O) groups is 3. The summed E-state index contributed by atoms with van der Waals surface area (Å²) in [7, 11) is 1.54. The topological polar surface area (TPSA) is 105 Å². The van der Waals surface area contributed by atoms with Gasteiger partial charge in [0.15, 0.2) is 11.5 Å². The minimum absolute atomic E-state index is 0.0448. The summed E-state index contributed by atoms with van der Waals surface area (Å²) in [6, 6.07) is 4.39. The third-order valence-electron chi connectivity index (χ3n) is 5.02. The van der Waals surface area contributed by atoms with E-state index in [-0.39, 0.29) is 24.8 Å². The highest BCUT2D eigenvalue weighted by Crippen LogP contribution is 2.34. The van der Waals surface area contributed by atoms with Crippen LogP contribution in [0.2, 0.25) is 0 Å².